The molecular weight excluding hydrogens is 689 g/mol. The van der Waals surface area contributed by atoms with Crippen molar-refractivity contribution in [1.29, 1.82) is 0 Å². The van der Waals surface area contributed by atoms with E-state index in [-0.39, 0.29) is 24.3 Å². The molecule has 2 heterocycles. The maximum atomic E-state index is 14.1. The van der Waals surface area contributed by atoms with Crippen molar-refractivity contribution in [2.75, 3.05) is 33.5 Å². The average Bonchev–Trinajstić information content (AvgIpc) is 3.26. The molecule has 1 amide bonds. The van der Waals surface area contributed by atoms with Gasteiger partial charge in [-0.25, -0.2) is 9.79 Å². The van der Waals surface area contributed by atoms with Crippen LogP contribution in [-0.2, 0) is 14.3 Å². The molecule has 43 heavy (non-hydrogen) atoms. The number of ether oxygens (including phenoxy) is 5. The molecule has 0 spiro atoms. The summed E-state index contributed by atoms with van der Waals surface area (Å²) in [6.45, 7) is 7.66. The summed E-state index contributed by atoms with van der Waals surface area (Å²) in [6, 6.07) is 7.99. The molecule has 0 fully saturated rings. The number of hydrogen-bond donors (Lipinski definition) is 1. The lowest BCUT2D eigenvalue weighted by atomic mass is 9.94. The lowest BCUT2D eigenvalue weighted by Gasteiger charge is -2.26. The van der Waals surface area contributed by atoms with Crippen molar-refractivity contribution in [2.24, 2.45) is 10.7 Å². The molecule has 11 nitrogen and oxygen atoms in total. The van der Waals surface area contributed by atoms with Crippen molar-refractivity contribution < 1.29 is 33.3 Å². The monoisotopic (exact) mass is 721 g/mol. The van der Waals surface area contributed by atoms with Crippen LogP contribution in [0.2, 0.25) is 0 Å². The Kier molecular flexibility index (Phi) is 10.5. The number of allylic oxidation sites excluding steroid dienone is 1. The van der Waals surface area contributed by atoms with Gasteiger partial charge in [-0.15, -0.1) is 0 Å². The molecule has 3 aromatic rings. The van der Waals surface area contributed by atoms with Crippen LogP contribution in [0.25, 0.3) is 6.08 Å². The zero-order valence-corrected chi connectivity index (χ0v) is 27.4. The lowest BCUT2D eigenvalue weighted by molar-refractivity contribution is -0.139. The Morgan fingerprint density at radius 1 is 1.07 bits per heavy atom. The fraction of sp³-hybridized carbons (Fsp3) is 0.333. The first-order valence-electron chi connectivity index (χ1n) is 13.5. The summed E-state index contributed by atoms with van der Waals surface area (Å²) in [4.78, 5) is 43.8. The van der Waals surface area contributed by atoms with Gasteiger partial charge in [0, 0.05) is 5.56 Å². The van der Waals surface area contributed by atoms with Gasteiger partial charge in [0.15, 0.2) is 34.4 Å². The summed E-state index contributed by atoms with van der Waals surface area (Å²) in [5, 5.41) is 0. The maximum Gasteiger partial charge on any atom is 0.338 e. The zero-order chi connectivity index (χ0) is 31.3. The lowest BCUT2D eigenvalue weighted by Crippen LogP contribution is -2.40. The van der Waals surface area contributed by atoms with Crippen molar-refractivity contribution in [2.45, 2.75) is 33.7 Å². The zero-order valence-electron chi connectivity index (χ0n) is 24.4. The molecule has 0 aliphatic carbocycles. The van der Waals surface area contributed by atoms with Crippen molar-refractivity contribution in [3.05, 3.63) is 76.0 Å². The SMILES string of the molecule is CCOC(=O)C1=C(C)N=c2s/c(=C/c3cc(I)c(OCC(N)=O)c(OCC)c3)c(=O)n2[C@H]1c1cccc(OC)c1OCC. The van der Waals surface area contributed by atoms with Gasteiger partial charge in [-0.3, -0.25) is 14.2 Å². The summed E-state index contributed by atoms with van der Waals surface area (Å²) in [5.41, 5.74) is 6.81. The minimum Gasteiger partial charge on any atom is -0.493 e. The standard InChI is InChI=1S/C30H32IN3O8S/c1-6-39-21-13-17(12-19(31)27(21)42-15-23(32)35)14-22-28(36)34-25(18-10-9-11-20(38-5)26(18)40-7-2)24(29(37)41-8-3)16(4)33-30(34)43-22/h9-14,25H,6-8,15H2,1-5H3,(H2,32,35)/b22-14+/t25-/m0/s1. The third-order valence-corrected chi connectivity index (χ3v) is 8.10. The largest absolute Gasteiger partial charge is 0.493 e. The average molecular weight is 722 g/mol. The normalized spacial score (nSPS) is 14.6. The van der Waals surface area contributed by atoms with Crippen molar-refractivity contribution >= 4 is 51.9 Å². The number of fused-ring (bicyclic) bond motifs is 1. The van der Waals surface area contributed by atoms with E-state index in [0.717, 1.165) is 0 Å². The number of methoxy groups -OCH3 is 1. The third kappa shape index (κ3) is 6.72. The van der Waals surface area contributed by atoms with Gasteiger partial charge in [0.05, 0.1) is 46.3 Å². The number of benzene rings is 2. The number of para-hydroxylation sites is 1. The Morgan fingerprint density at radius 2 is 1.81 bits per heavy atom. The minimum absolute atomic E-state index is 0.156. The summed E-state index contributed by atoms with van der Waals surface area (Å²) in [7, 11) is 1.53. The van der Waals surface area contributed by atoms with Gasteiger partial charge >= 0.3 is 5.97 Å². The second-order valence-electron chi connectivity index (χ2n) is 9.13. The van der Waals surface area contributed by atoms with Crippen LogP contribution in [0.3, 0.4) is 0 Å². The predicted molar refractivity (Wildman–Crippen MR) is 170 cm³/mol. The van der Waals surface area contributed by atoms with Crippen LogP contribution in [0.15, 0.2) is 51.4 Å². The summed E-state index contributed by atoms with van der Waals surface area (Å²) >= 11 is 3.27. The van der Waals surface area contributed by atoms with E-state index in [1.807, 2.05) is 13.8 Å². The van der Waals surface area contributed by atoms with Crippen molar-refractivity contribution in [3.63, 3.8) is 0 Å². The third-order valence-electron chi connectivity index (χ3n) is 6.32. The van der Waals surface area contributed by atoms with E-state index in [1.165, 1.54) is 23.0 Å². The number of carbonyl (C=O) groups excluding carboxylic acids is 2. The molecule has 228 valence electrons. The number of aromatic nitrogens is 1. The van der Waals surface area contributed by atoms with Crippen LogP contribution in [-0.4, -0.2) is 50.0 Å². The first-order chi connectivity index (χ1) is 20.6. The number of primary amides is 1. The molecule has 1 aromatic heterocycles. The van der Waals surface area contributed by atoms with Crippen LogP contribution >= 0.6 is 33.9 Å². The highest BCUT2D eigenvalue weighted by atomic mass is 127. The Balaban J connectivity index is 1.95. The van der Waals surface area contributed by atoms with E-state index >= 15 is 0 Å². The molecule has 1 aliphatic heterocycles. The van der Waals surface area contributed by atoms with Crippen LogP contribution < -0.4 is 39.6 Å². The van der Waals surface area contributed by atoms with E-state index in [1.54, 1.807) is 50.3 Å². The smallest absolute Gasteiger partial charge is 0.338 e. The van der Waals surface area contributed by atoms with E-state index in [4.69, 9.17) is 29.4 Å². The predicted octanol–water partition coefficient (Wildman–Crippen LogP) is 3.07. The van der Waals surface area contributed by atoms with Gasteiger partial charge in [-0.2, -0.15) is 0 Å². The molecule has 0 bridgehead atoms. The highest BCUT2D eigenvalue weighted by molar-refractivity contribution is 14.1. The van der Waals surface area contributed by atoms with Crippen LogP contribution in [0, 0.1) is 3.57 Å². The first-order valence-corrected chi connectivity index (χ1v) is 15.4. The number of esters is 1. The van der Waals surface area contributed by atoms with E-state index in [2.05, 4.69) is 27.6 Å². The summed E-state index contributed by atoms with van der Waals surface area (Å²) in [5.74, 6) is 0.499. The van der Waals surface area contributed by atoms with Crippen LogP contribution in [0.5, 0.6) is 23.0 Å². The molecule has 0 saturated carbocycles. The molecule has 0 radical (unpaired) electrons. The molecule has 1 atom stereocenters. The Morgan fingerprint density at radius 3 is 2.47 bits per heavy atom. The topological polar surface area (TPSA) is 141 Å². The molecule has 1 aliphatic rings. The number of rotatable bonds is 12. The Bertz CT molecular complexity index is 1760. The van der Waals surface area contributed by atoms with Gasteiger partial charge in [0.25, 0.3) is 11.5 Å². The van der Waals surface area contributed by atoms with Crippen molar-refractivity contribution in [3.8, 4) is 23.0 Å². The van der Waals surface area contributed by atoms with E-state index < -0.39 is 17.9 Å². The molecule has 0 saturated heterocycles. The number of nitrogens with two attached hydrogens (primary N) is 1. The van der Waals surface area contributed by atoms with Crippen LogP contribution in [0.1, 0.15) is 44.9 Å². The number of halogens is 1. The highest BCUT2D eigenvalue weighted by Gasteiger charge is 2.36. The second kappa shape index (κ2) is 14.1. The van der Waals surface area contributed by atoms with Crippen molar-refractivity contribution in [1.82, 2.24) is 4.57 Å². The number of hydrogen-bond acceptors (Lipinski definition) is 10. The molecular formula is C30H32IN3O8S. The Hall–Kier alpha value is -3.85. The van der Waals surface area contributed by atoms with Gasteiger partial charge in [-0.05, 0) is 80.1 Å². The maximum absolute atomic E-state index is 14.1. The molecule has 13 heteroatoms. The fourth-order valence-corrected chi connectivity index (χ4v) is 6.49. The summed E-state index contributed by atoms with van der Waals surface area (Å²) in [6.07, 6.45) is 1.72. The van der Waals surface area contributed by atoms with Crippen LogP contribution in [0.4, 0.5) is 0 Å². The summed E-state index contributed by atoms with van der Waals surface area (Å²) < 4.78 is 30.8. The number of carbonyl (C=O) groups is 2. The van der Waals surface area contributed by atoms with Gasteiger partial charge in [0.2, 0.25) is 0 Å². The highest BCUT2D eigenvalue weighted by Crippen LogP contribution is 2.41. The Labute approximate surface area is 265 Å². The molecule has 2 aromatic carbocycles. The molecule has 2 N–H and O–H groups in total. The first kappa shape index (κ1) is 32.1. The van der Waals surface area contributed by atoms with Gasteiger partial charge < -0.3 is 29.4 Å². The number of thiazole rings is 1. The second-order valence-corrected chi connectivity index (χ2v) is 11.3. The number of amides is 1. The van der Waals surface area contributed by atoms with Gasteiger partial charge in [0.1, 0.15) is 6.04 Å². The number of nitrogens with zero attached hydrogens (tertiary/aromatic N) is 2. The minimum atomic E-state index is -0.877. The molecule has 4 rings (SSSR count). The van der Waals surface area contributed by atoms with Gasteiger partial charge in [-0.1, -0.05) is 23.5 Å². The quantitative estimate of drug-likeness (QED) is 0.223. The van der Waals surface area contributed by atoms with E-state index in [0.29, 0.717) is 65.9 Å². The fourth-order valence-electron chi connectivity index (χ4n) is 4.66. The van der Waals surface area contributed by atoms with E-state index in [9.17, 15) is 14.4 Å². The molecule has 0 unspecified atom stereocenters.